The molecule has 1 aromatic rings. The number of amides is 1. The van der Waals surface area contributed by atoms with Gasteiger partial charge in [-0.2, -0.15) is 0 Å². The molecule has 0 spiro atoms. The van der Waals surface area contributed by atoms with Gasteiger partial charge in [-0.05, 0) is 38.0 Å². The fourth-order valence-electron chi connectivity index (χ4n) is 2.02. The fraction of sp³-hybridized carbons (Fsp3) is 0.500. The Hall–Kier alpha value is -2.04. The smallest absolute Gasteiger partial charge is 0.325 e. The van der Waals surface area contributed by atoms with Gasteiger partial charge >= 0.3 is 5.97 Å². The van der Waals surface area contributed by atoms with Crippen molar-refractivity contribution in [2.45, 2.75) is 27.2 Å². The first-order valence-electron chi connectivity index (χ1n) is 7.13. The third-order valence-electron chi connectivity index (χ3n) is 3.06. The van der Waals surface area contributed by atoms with Crippen molar-refractivity contribution in [1.29, 1.82) is 0 Å². The molecule has 116 valence electrons. The van der Waals surface area contributed by atoms with E-state index in [1.54, 1.807) is 26.2 Å². The highest BCUT2D eigenvalue weighted by molar-refractivity contribution is 5.96. The summed E-state index contributed by atoms with van der Waals surface area (Å²) in [7, 11) is 1.57. The van der Waals surface area contributed by atoms with Crippen LogP contribution in [-0.2, 0) is 9.53 Å². The molecule has 0 aromatic heterocycles. The molecule has 5 heteroatoms. The Labute approximate surface area is 125 Å². The number of hydrogen-bond acceptors (Lipinski definition) is 4. The van der Waals surface area contributed by atoms with Crippen molar-refractivity contribution < 1.29 is 19.1 Å². The summed E-state index contributed by atoms with van der Waals surface area (Å²) in [4.78, 5) is 25.6. The Morgan fingerprint density at radius 1 is 1.24 bits per heavy atom. The molecule has 0 aliphatic carbocycles. The maximum atomic E-state index is 12.5. The van der Waals surface area contributed by atoms with Crippen LogP contribution in [0.5, 0.6) is 5.75 Å². The van der Waals surface area contributed by atoms with Gasteiger partial charge in [0.25, 0.3) is 5.91 Å². The van der Waals surface area contributed by atoms with Crippen LogP contribution in [0.25, 0.3) is 0 Å². The van der Waals surface area contributed by atoms with Crippen molar-refractivity contribution in [2.75, 3.05) is 26.8 Å². The minimum absolute atomic E-state index is 0.0310. The zero-order valence-corrected chi connectivity index (χ0v) is 13.1. The lowest BCUT2D eigenvalue weighted by Gasteiger charge is -2.21. The van der Waals surface area contributed by atoms with Crippen molar-refractivity contribution in [2.24, 2.45) is 0 Å². The first-order chi connectivity index (χ1) is 10.0. The molecule has 1 amide bonds. The van der Waals surface area contributed by atoms with Gasteiger partial charge < -0.3 is 14.4 Å². The van der Waals surface area contributed by atoms with Crippen LogP contribution in [0.3, 0.4) is 0 Å². The minimum Gasteiger partial charge on any atom is -0.496 e. The molecule has 0 radical (unpaired) electrons. The monoisotopic (exact) mass is 293 g/mol. The Morgan fingerprint density at radius 3 is 2.52 bits per heavy atom. The van der Waals surface area contributed by atoms with Crippen LogP contribution in [0.4, 0.5) is 0 Å². The first-order valence-corrected chi connectivity index (χ1v) is 7.13. The molecule has 0 fully saturated rings. The summed E-state index contributed by atoms with van der Waals surface area (Å²) < 4.78 is 10.1. The molecule has 0 aliphatic rings. The molecule has 0 unspecified atom stereocenters. The van der Waals surface area contributed by atoms with Gasteiger partial charge in [-0.15, -0.1) is 0 Å². The van der Waals surface area contributed by atoms with Crippen LogP contribution in [0.1, 0.15) is 36.2 Å². The lowest BCUT2D eigenvalue weighted by Crippen LogP contribution is -2.37. The number of carbonyl (C=O) groups is 2. The highest BCUT2D eigenvalue weighted by atomic mass is 16.5. The number of esters is 1. The molecule has 0 aliphatic heterocycles. The summed E-state index contributed by atoms with van der Waals surface area (Å²) in [6.07, 6.45) is 0.772. The van der Waals surface area contributed by atoms with Gasteiger partial charge in [0.05, 0.1) is 13.7 Å². The summed E-state index contributed by atoms with van der Waals surface area (Å²) in [5.41, 5.74) is 1.47. The lowest BCUT2D eigenvalue weighted by molar-refractivity contribution is -0.143. The van der Waals surface area contributed by atoms with Gasteiger partial charge in [-0.1, -0.05) is 13.0 Å². The Bertz CT molecular complexity index is 499. The topological polar surface area (TPSA) is 55.8 Å². The van der Waals surface area contributed by atoms with Gasteiger partial charge in [0.15, 0.2) is 0 Å². The number of ether oxygens (including phenoxy) is 2. The van der Waals surface area contributed by atoms with Crippen LogP contribution < -0.4 is 4.74 Å². The number of carbonyl (C=O) groups excluding carboxylic acids is 2. The normalized spacial score (nSPS) is 10.1. The molecule has 0 atom stereocenters. The van der Waals surface area contributed by atoms with Crippen molar-refractivity contribution in [1.82, 2.24) is 4.90 Å². The van der Waals surface area contributed by atoms with E-state index in [-0.39, 0.29) is 12.5 Å². The van der Waals surface area contributed by atoms with E-state index >= 15 is 0 Å². The van der Waals surface area contributed by atoms with Gasteiger partial charge in [0.2, 0.25) is 0 Å². The van der Waals surface area contributed by atoms with Crippen LogP contribution in [0.15, 0.2) is 18.2 Å². The number of rotatable bonds is 7. The van der Waals surface area contributed by atoms with E-state index in [0.29, 0.717) is 24.5 Å². The predicted octanol–water partition coefficient (Wildman–Crippen LogP) is 2.42. The summed E-state index contributed by atoms with van der Waals surface area (Å²) in [5.74, 6) is 0.0787. The second kappa shape index (κ2) is 8.29. The largest absolute Gasteiger partial charge is 0.496 e. The van der Waals surface area contributed by atoms with E-state index in [9.17, 15) is 9.59 Å². The van der Waals surface area contributed by atoms with E-state index in [0.717, 1.165) is 12.0 Å². The average Bonchev–Trinajstić information content (AvgIpc) is 2.47. The maximum absolute atomic E-state index is 12.5. The second-order valence-electron chi connectivity index (χ2n) is 4.72. The number of methoxy groups -OCH3 is 1. The summed E-state index contributed by atoms with van der Waals surface area (Å²) >= 11 is 0. The molecule has 1 aromatic carbocycles. The molecule has 0 heterocycles. The Morgan fingerprint density at radius 2 is 1.95 bits per heavy atom. The molecule has 0 N–H and O–H groups in total. The number of aryl methyl sites for hydroxylation is 1. The lowest BCUT2D eigenvalue weighted by atomic mass is 10.1. The zero-order valence-electron chi connectivity index (χ0n) is 13.1. The summed E-state index contributed by atoms with van der Waals surface area (Å²) in [6, 6.07) is 5.28. The van der Waals surface area contributed by atoms with Crippen LogP contribution >= 0.6 is 0 Å². The predicted molar refractivity (Wildman–Crippen MR) is 80.6 cm³/mol. The zero-order chi connectivity index (χ0) is 15.8. The maximum Gasteiger partial charge on any atom is 0.325 e. The summed E-state index contributed by atoms with van der Waals surface area (Å²) in [6.45, 7) is 6.40. The molecule has 1 rings (SSSR count). The van der Waals surface area contributed by atoms with Crippen LogP contribution in [0.2, 0.25) is 0 Å². The van der Waals surface area contributed by atoms with Gasteiger partial charge in [-0.25, -0.2) is 0 Å². The van der Waals surface area contributed by atoms with E-state index < -0.39 is 5.97 Å². The minimum atomic E-state index is -0.390. The average molecular weight is 293 g/mol. The third-order valence-corrected chi connectivity index (χ3v) is 3.06. The Balaban J connectivity index is 2.92. The van der Waals surface area contributed by atoms with Crippen molar-refractivity contribution >= 4 is 11.9 Å². The first kappa shape index (κ1) is 17.0. The molecular formula is C16H23NO4. The molecule has 0 saturated carbocycles. The highest BCUT2D eigenvalue weighted by Crippen LogP contribution is 2.20. The molecule has 0 bridgehead atoms. The third kappa shape index (κ3) is 4.77. The van der Waals surface area contributed by atoms with E-state index in [4.69, 9.17) is 9.47 Å². The van der Waals surface area contributed by atoms with E-state index in [1.807, 2.05) is 19.9 Å². The van der Waals surface area contributed by atoms with Gasteiger partial charge in [-0.3, -0.25) is 9.59 Å². The SMILES string of the molecule is CCCN(CC(=O)OCC)C(=O)c1ccc(C)c(OC)c1. The number of nitrogens with zero attached hydrogens (tertiary/aromatic N) is 1. The van der Waals surface area contributed by atoms with Crippen molar-refractivity contribution in [3.05, 3.63) is 29.3 Å². The second-order valence-corrected chi connectivity index (χ2v) is 4.72. The van der Waals surface area contributed by atoms with E-state index in [1.165, 1.54) is 4.90 Å². The molecular weight excluding hydrogens is 270 g/mol. The van der Waals surface area contributed by atoms with Crippen LogP contribution in [-0.4, -0.2) is 43.6 Å². The van der Waals surface area contributed by atoms with Gasteiger partial charge in [0.1, 0.15) is 12.3 Å². The van der Waals surface area contributed by atoms with Crippen molar-refractivity contribution in [3.8, 4) is 5.75 Å². The van der Waals surface area contributed by atoms with Crippen molar-refractivity contribution in [3.63, 3.8) is 0 Å². The van der Waals surface area contributed by atoms with Gasteiger partial charge in [0, 0.05) is 12.1 Å². The quantitative estimate of drug-likeness (QED) is 0.724. The molecule has 0 saturated heterocycles. The number of hydrogen-bond donors (Lipinski definition) is 0. The highest BCUT2D eigenvalue weighted by Gasteiger charge is 2.19. The molecule has 5 nitrogen and oxygen atoms in total. The number of benzene rings is 1. The fourth-order valence-corrected chi connectivity index (χ4v) is 2.02. The van der Waals surface area contributed by atoms with E-state index in [2.05, 4.69) is 0 Å². The summed E-state index contributed by atoms with van der Waals surface area (Å²) in [5, 5.41) is 0. The Kier molecular flexibility index (Phi) is 6.72. The molecule has 21 heavy (non-hydrogen) atoms. The standard InChI is InChI=1S/C16H23NO4/c1-5-9-17(11-15(18)21-6-2)16(19)13-8-7-12(3)14(10-13)20-4/h7-8,10H,5-6,9,11H2,1-4H3. The van der Waals surface area contributed by atoms with Crippen LogP contribution in [0, 0.1) is 6.92 Å².